The van der Waals surface area contributed by atoms with E-state index in [0.717, 1.165) is 11.2 Å². The molecule has 0 radical (unpaired) electrons. The Kier molecular flexibility index (Phi) is 2.21. The molecule has 0 fully saturated rings. The van der Waals surface area contributed by atoms with Gasteiger partial charge in [-0.15, -0.1) is 0 Å². The molecular weight excluding hydrogens is 230 g/mol. The fraction of sp³-hybridized carbons (Fsp3) is 0.182. The first-order valence-electron chi connectivity index (χ1n) is 4.87. The highest BCUT2D eigenvalue weighted by molar-refractivity contribution is 8.16. The first-order chi connectivity index (χ1) is 7.74. The molecule has 1 aromatic rings. The number of hydrogen-bond donors (Lipinski definition) is 0. The molecule has 0 saturated heterocycles. The topological polar surface area (TPSA) is 15.6 Å². The van der Waals surface area contributed by atoms with Crippen LogP contribution in [0.1, 0.15) is 11.6 Å². The van der Waals surface area contributed by atoms with E-state index in [-0.39, 0.29) is 6.04 Å². The maximum atomic E-state index is 13.5. The third kappa shape index (κ3) is 1.51. The molecule has 2 heterocycles. The molecule has 0 saturated carbocycles. The number of nitrogens with zero attached hydrogens (tertiary/aromatic N) is 2. The molecule has 1 unspecified atom stereocenters. The minimum atomic E-state index is -0.554. The van der Waals surface area contributed by atoms with Gasteiger partial charge in [0.1, 0.15) is 11.6 Å². The number of rotatable bonds is 1. The van der Waals surface area contributed by atoms with E-state index in [4.69, 9.17) is 0 Å². The number of aliphatic imine (C=N–C) groups is 1. The van der Waals surface area contributed by atoms with E-state index < -0.39 is 11.6 Å². The summed E-state index contributed by atoms with van der Waals surface area (Å²) in [7, 11) is 0. The molecule has 0 bridgehead atoms. The Bertz CT molecular complexity index is 499. The summed E-state index contributed by atoms with van der Waals surface area (Å²) in [6.07, 6.45) is 1.92. The number of amidine groups is 1. The van der Waals surface area contributed by atoms with E-state index in [9.17, 15) is 8.78 Å². The Labute approximate surface area is 95.7 Å². The molecule has 0 aliphatic carbocycles. The van der Waals surface area contributed by atoms with Crippen molar-refractivity contribution in [2.75, 3.05) is 6.54 Å². The van der Waals surface area contributed by atoms with Crippen LogP contribution in [0.4, 0.5) is 8.78 Å². The van der Waals surface area contributed by atoms with Gasteiger partial charge >= 0.3 is 0 Å². The van der Waals surface area contributed by atoms with Crippen LogP contribution in [0.3, 0.4) is 0 Å². The van der Waals surface area contributed by atoms with Crippen LogP contribution in [0.25, 0.3) is 0 Å². The summed E-state index contributed by atoms with van der Waals surface area (Å²) in [4.78, 5) is 6.36. The van der Waals surface area contributed by atoms with Gasteiger partial charge in [0.25, 0.3) is 0 Å². The van der Waals surface area contributed by atoms with Crippen molar-refractivity contribution in [3.05, 3.63) is 47.0 Å². The van der Waals surface area contributed by atoms with E-state index in [0.29, 0.717) is 12.1 Å². The highest BCUT2D eigenvalue weighted by Crippen LogP contribution is 2.33. The van der Waals surface area contributed by atoms with Crippen molar-refractivity contribution in [3.63, 3.8) is 0 Å². The molecule has 0 N–H and O–H groups in total. The van der Waals surface area contributed by atoms with Gasteiger partial charge in [0.05, 0.1) is 12.6 Å². The van der Waals surface area contributed by atoms with Crippen LogP contribution >= 0.6 is 11.8 Å². The van der Waals surface area contributed by atoms with Gasteiger partial charge in [-0.25, -0.2) is 8.78 Å². The number of hydrogen-bond acceptors (Lipinski definition) is 3. The summed E-state index contributed by atoms with van der Waals surface area (Å²) in [6.45, 7) is 0.626. The van der Waals surface area contributed by atoms with Crippen LogP contribution < -0.4 is 0 Å². The van der Waals surface area contributed by atoms with Gasteiger partial charge in [0.2, 0.25) is 0 Å². The zero-order valence-electron chi connectivity index (χ0n) is 8.23. The molecule has 0 aromatic heterocycles. The van der Waals surface area contributed by atoms with Gasteiger partial charge in [-0.1, -0.05) is 17.8 Å². The second kappa shape index (κ2) is 3.59. The van der Waals surface area contributed by atoms with Gasteiger partial charge in [-0.05, 0) is 11.5 Å². The highest BCUT2D eigenvalue weighted by atomic mass is 32.2. The van der Waals surface area contributed by atoms with Crippen LogP contribution in [0, 0.1) is 11.6 Å². The lowest BCUT2D eigenvalue weighted by atomic mass is 10.1. The minimum absolute atomic E-state index is 0.229. The Morgan fingerprint density at radius 3 is 3.00 bits per heavy atom. The molecule has 5 heteroatoms. The van der Waals surface area contributed by atoms with Crippen LogP contribution in [0.15, 0.2) is 34.8 Å². The third-order valence-corrected chi connectivity index (χ3v) is 3.43. The van der Waals surface area contributed by atoms with E-state index in [1.165, 1.54) is 23.9 Å². The summed E-state index contributed by atoms with van der Waals surface area (Å²) in [5.74, 6) is -1.08. The average Bonchev–Trinajstić information content (AvgIpc) is 2.76. The van der Waals surface area contributed by atoms with Crippen LogP contribution in [-0.4, -0.2) is 16.6 Å². The number of thioether (sulfide) groups is 1. The Balaban J connectivity index is 1.92. The van der Waals surface area contributed by atoms with Crippen molar-refractivity contribution >= 4 is 16.9 Å². The zero-order chi connectivity index (χ0) is 11.1. The lowest BCUT2D eigenvalue weighted by Crippen LogP contribution is -2.16. The van der Waals surface area contributed by atoms with E-state index in [1.54, 1.807) is 0 Å². The van der Waals surface area contributed by atoms with E-state index in [2.05, 4.69) is 4.99 Å². The Morgan fingerprint density at radius 2 is 2.25 bits per heavy atom. The number of benzene rings is 1. The summed E-state index contributed by atoms with van der Waals surface area (Å²) in [6, 6.07) is 3.41. The monoisotopic (exact) mass is 238 g/mol. The molecule has 1 atom stereocenters. The van der Waals surface area contributed by atoms with E-state index >= 15 is 0 Å². The number of fused-ring (bicyclic) bond motifs is 1. The molecular formula is C11H8F2N2S. The lowest BCUT2D eigenvalue weighted by molar-refractivity contribution is 0.521. The second-order valence-corrected chi connectivity index (χ2v) is 4.52. The van der Waals surface area contributed by atoms with Crippen molar-refractivity contribution in [3.8, 4) is 0 Å². The second-order valence-electron chi connectivity index (χ2n) is 3.65. The maximum Gasteiger partial charge on any atom is 0.168 e. The Hall–Kier alpha value is -1.36. The zero-order valence-corrected chi connectivity index (χ0v) is 9.05. The van der Waals surface area contributed by atoms with Gasteiger partial charge in [0, 0.05) is 17.8 Å². The number of halogens is 2. The van der Waals surface area contributed by atoms with Crippen molar-refractivity contribution in [1.29, 1.82) is 0 Å². The van der Waals surface area contributed by atoms with Crippen LogP contribution in [-0.2, 0) is 0 Å². The predicted molar refractivity (Wildman–Crippen MR) is 60.0 cm³/mol. The van der Waals surface area contributed by atoms with E-state index in [1.807, 2.05) is 16.5 Å². The van der Waals surface area contributed by atoms with Crippen molar-refractivity contribution in [2.24, 2.45) is 4.99 Å². The molecule has 82 valence electrons. The smallest absolute Gasteiger partial charge is 0.168 e. The summed E-state index contributed by atoms with van der Waals surface area (Å²) in [5.41, 5.74) is 0.456. The third-order valence-electron chi connectivity index (χ3n) is 2.62. The first kappa shape index (κ1) is 9.84. The van der Waals surface area contributed by atoms with Gasteiger partial charge in [0.15, 0.2) is 5.17 Å². The van der Waals surface area contributed by atoms with Crippen LogP contribution in [0.5, 0.6) is 0 Å². The molecule has 0 spiro atoms. The van der Waals surface area contributed by atoms with Gasteiger partial charge < -0.3 is 4.90 Å². The molecule has 1 aromatic carbocycles. The minimum Gasteiger partial charge on any atom is -0.325 e. The fourth-order valence-electron chi connectivity index (χ4n) is 1.84. The van der Waals surface area contributed by atoms with Gasteiger partial charge in [-0.2, -0.15) is 0 Å². The summed E-state index contributed by atoms with van der Waals surface area (Å²) < 4.78 is 26.3. The quantitative estimate of drug-likeness (QED) is 0.747. The largest absolute Gasteiger partial charge is 0.325 e. The predicted octanol–water partition coefficient (Wildman–Crippen LogP) is 2.90. The van der Waals surface area contributed by atoms with Crippen molar-refractivity contribution in [1.82, 2.24) is 4.90 Å². The lowest BCUT2D eigenvalue weighted by Gasteiger charge is -2.11. The van der Waals surface area contributed by atoms with Crippen molar-refractivity contribution < 1.29 is 8.78 Å². The maximum absolute atomic E-state index is 13.5. The summed E-state index contributed by atoms with van der Waals surface area (Å²) >= 11 is 1.52. The fourth-order valence-corrected chi connectivity index (χ4v) is 2.63. The highest BCUT2D eigenvalue weighted by Gasteiger charge is 2.29. The SMILES string of the molecule is Fc1ccc(C2CN3C=CSC3=N2)c(F)c1. The molecule has 16 heavy (non-hydrogen) atoms. The first-order valence-corrected chi connectivity index (χ1v) is 5.75. The molecule has 2 aliphatic heterocycles. The molecule has 2 nitrogen and oxygen atoms in total. The van der Waals surface area contributed by atoms with Gasteiger partial charge in [-0.3, -0.25) is 4.99 Å². The Morgan fingerprint density at radius 1 is 1.38 bits per heavy atom. The standard InChI is InChI=1S/C11H8F2N2S/c12-7-1-2-8(9(13)5-7)10-6-15-3-4-16-11(15)14-10/h1-5,10H,6H2. The van der Waals surface area contributed by atoms with Crippen LogP contribution in [0.2, 0.25) is 0 Å². The molecule has 0 amide bonds. The average molecular weight is 238 g/mol. The summed E-state index contributed by atoms with van der Waals surface area (Å²) in [5, 5.41) is 2.82. The normalized spacial score (nSPS) is 22.5. The molecule has 3 rings (SSSR count). The van der Waals surface area contributed by atoms with Crippen molar-refractivity contribution in [2.45, 2.75) is 6.04 Å². The molecule has 2 aliphatic rings.